The topological polar surface area (TPSA) is 150 Å². The molecule has 2 aromatic carbocycles. The molecule has 14 heteroatoms. The molecule has 3 aliphatic heterocycles. The van der Waals surface area contributed by atoms with Crippen LogP contribution in [0.15, 0.2) is 79.1 Å². The van der Waals surface area contributed by atoms with Gasteiger partial charge >= 0.3 is 6.03 Å². The van der Waals surface area contributed by atoms with E-state index in [9.17, 15) is 19.2 Å². The zero-order valence-electron chi connectivity index (χ0n) is 29.8. The number of imide groups is 1. The first-order valence-corrected chi connectivity index (χ1v) is 18.1. The molecule has 0 aliphatic carbocycles. The molecule has 53 heavy (non-hydrogen) atoms. The van der Waals surface area contributed by atoms with Crippen LogP contribution in [0, 0.1) is 0 Å². The predicted octanol–water partition coefficient (Wildman–Crippen LogP) is 4.38. The van der Waals surface area contributed by atoms with Gasteiger partial charge in [0.25, 0.3) is 11.8 Å². The van der Waals surface area contributed by atoms with E-state index in [1.807, 2.05) is 41.8 Å². The molecule has 1 atom stereocenters. The number of nitrogens with one attached hydrogen (secondary N) is 3. The molecule has 14 nitrogen and oxygen atoms in total. The highest BCUT2D eigenvalue weighted by Gasteiger charge is 2.27. The Labute approximate surface area is 306 Å². The first-order valence-electron chi connectivity index (χ1n) is 18.1. The molecule has 0 spiro atoms. The minimum absolute atomic E-state index is 0.0354. The van der Waals surface area contributed by atoms with Gasteiger partial charge in [-0.15, -0.1) is 0 Å². The number of aromatic nitrogens is 4. The highest BCUT2D eigenvalue weighted by Crippen LogP contribution is 2.27. The van der Waals surface area contributed by atoms with Crippen LogP contribution < -0.4 is 25.8 Å². The predicted molar refractivity (Wildman–Crippen MR) is 201 cm³/mol. The van der Waals surface area contributed by atoms with E-state index in [4.69, 9.17) is 0 Å². The van der Waals surface area contributed by atoms with E-state index in [1.165, 1.54) is 5.69 Å². The van der Waals surface area contributed by atoms with Gasteiger partial charge in [-0.25, -0.2) is 9.78 Å². The Morgan fingerprint density at radius 3 is 2.57 bits per heavy atom. The van der Waals surface area contributed by atoms with E-state index in [1.54, 1.807) is 28.0 Å². The summed E-state index contributed by atoms with van der Waals surface area (Å²) >= 11 is 0. The second-order valence-electron chi connectivity index (χ2n) is 14.2. The SMILES string of the molecule is C[C@@H]1CNC(=O)c2cc3ccc(C(=O)Nc4cnn(Cc5ccc(N6CCC(N(C)Cc7cccc(N8CCC(=O)NC8=O)c7)CC6)cc5)c4)nc3n21. The Hall–Kier alpha value is -6.02. The van der Waals surface area contributed by atoms with Crippen LogP contribution in [0.25, 0.3) is 11.0 Å². The van der Waals surface area contributed by atoms with E-state index in [-0.39, 0.29) is 35.5 Å². The van der Waals surface area contributed by atoms with Gasteiger partial charge in [0.15, 0.2) is 0 Å². The number of carbonyl (C=O) groups is 4. The van der Waals surface area contributed by atoms with Crippen molar-refractivity contribution in [3.63, 3.8) is 0 Å². The molecule has 0 radical (unpaired) electrons. The van der Waals surface area contributed by atoms with Gasteiger partial charge in [-0.3, -0.25) is 34.2 Å². The van der Waals surface area contributed by atoms with Crippen LogP contribution in [0.1, 0.15) is 64.3 Å². The standard InChI is InChI=1S/C39H42N10O4/c1-25-20-40-38(52)34-19-28-8-11-33(43-36(28)49(25)34)37(51)42-29-21-41-47(24-29)23-26-6-9-31(10-7-26)46-15-12-30(13-16-46)45(2)22-27-4-3-5-32(18-27)48-17-14-35(50)44-39(48)53/h3-11,18-19,21,24-25,30H,12-17,20,22-23H2,1-2H3,(H,40,52)(H,42,51)(H,44,50,53)/t25-/m1/s1. The maximum atomic E-state index is 13.1. The number of anilines is 3. The second-order valence-corrected chi connectivity index (χ2v) is 14.2. The fourth-order valence-corrected chi connectivity index (χ4v) is 7.59. The van der Waals surface area contributed by atoms with Crippen LogP contribution in [0.5, 0.6) is 0 Å². The van der Waals surface area contributed by atoms with Crippen LogP contribution in [-0.4, -0.2) is 87.3 Å². The summed E-state index contributed by atoms with van der Waals surface area (Å²) < 4.78 is 3.69. The summed E-state index contributed by atoms with van der Waals surface area (Å²) in [5.74, 6) is -0.708. The third kappa shape index (κ3) is 7.09. The molecule has 272 valence electrons. The van der Waals surface area contributed by atoms with Crippen molar-refractivity contribution in [1.82, 2.24) is 34.9 Å². The molecule has 3 aliphatic rings. The Kier molecular flexibility index (Phi) is 9.12. The smallest absolute Gasteiger partial charge is 0.328 e. The molecule has 5 amide bonds. The lowest BCUT2D eigenvalue weighted by Gasteiger charge is -2.38. The number of fused-ring (bicyclic) bond motifs is 3. The summed E-state index contributed by atoms with van der Waals surface area (Å²) in [5, 5.41) is 13.5. The second kappa shape index (κ2) is 14.2. The quantitative estimate of drug-likeness (QED) is 0.204. The maximum absolute atomic E-state index is 13.1. The lowest BCUT2D eigenvalue weighted by Crippen LogP contribution is -2.49. The molecule has 3 aromatic heterocycles. The van der Waals surface area contributed by atoms with Crippen molar-refractivity contribution in [2.75, 3.05) is 48.3 Å². The zero-order valence-corrected chi connectivity index (χ0v) is 29.8. The Balaban J connectivity index is 0.827. The van der Waals surface area contributed by atoms with Gasteiger partial charge in [-0.05, 0) is 80.4 Å². The maximum Gasteiger partial charge on any atom is 0.328 e. The van der Waals surface area contributed by atoms with E-state index in [0.29, 0.717) is 49.1 Å². The van der Waals surface area contributed by atoms with Crippen molar-refractivity contribution in [2.24, 2.45) is 0 Å². The van der Waals surface area contributed by atoms with Crippen molar-refractivity contribution < 1.29 is 19.2 Å². The van der Waals surface area contributed by atoms with Crippen LogP contribution in [-0.2, 0) is 17.9 Å². The summed E-state index contributed by atoms with van der Waals surface area (Å²) in [7, 11) is 2.16. The number of benzene rings is 2. The average molecular weight is 715 g/mol. The van der Waals surface area contributed by atoms with Gasteiger partial charge in [-0.2, -0.15) is 5.10 Å². The normalized spacial score (nSPS) is 17.9. The van der Waals surface area contributed by atoms with Gasteiger partial charge < -0.3 is 20.1 Å². The minimum Gasteiger partial charge on any atom is -0.371 e. The number of hydrogen-bond acceptors (Lipinski definition) is 8. The molecule has 8 rings (SSSR count). The number of rotatable bonds is 9. The Morgan fingerprint density at radius 1 is 0.962 bits per heavy atom. The fourth-order valence-electron chi connectivity index (χ4n) is 7.59. The minimum atomic E-state index is -0.364. The number of hydrogen-bond donors (Lipinski definition) is 3. The summed E-state index contributed by atoms with van der Waals surface area (Å²) in [6.07, 6.45) is 5.83. The van der Waals surface area contributed by atoms with Crippen LogP contribution in [0.3, 0.4) is 0 Å². The third-order valence-corrected chi connectivity index (χ3v) is 10.5. The summed E-state index contributed by atoms with van der Waals surface area (Å²) in [6.45, 7) is 6.18. The van der Waals surface area contributed by atoms with Crippen molar-refractivity contribution in [3.05, 3.63) is 102 Å². The van der Waals surface area contributed by atoms with Crippen LogP contribution >= 0.6 is 0 Å². The fraction of sp³-hybridized carbons (Fsp3) is 0.333. The Bertz CT molecular complexity index is 2200. The van der Waals surface area contributed by atoms with Gasteiger partial charge in [0.2, 0.25) is 5.91 Å². The van der Waals surface area contributed by atoms with E-state index >= 15 is 0 Å². The molecular formula is C39H42N10O4. The first-order chi connectivity index (χ1) is 25.7. The molecule has 3 N–H and O–H groups in total. The van der Waals surface area contributed by atoms with Crippen molar-refractivity contribution >= 4 is 51.8 Å². The van der Waals surface area contributed by atoms with E-state index < -0.39 is 0 Å². The summed E-state index contributed by atoms with van der Waals surface area (Å²) in [4.78, 5) is 60.4. The molecule has 2 saturated heterocycles. The number of carbonyl (C=O) groups excluding carboxylic acids is 4. The number of urea groups is 1. The molecule has 6 heterocycles. The number of amides is 5. The van der Waals surface area contributed by atoms with Gasteiger partial charge in [-0.1, -0.05) is 24.3 Å². The van der Waals surface area contributed by atoms with E-state index in [0.717, 1.165) is 54.7 Å². The third-order valence-electron chi connectivity index (χ3n) is 10.5. The highest BCUT2D eigenvalue weighted by molar-refractivity contribution is 6.06. The van der Waals surface area contributed by atoms with Crippen molar-refractivity contribution in [2.45, 2.75) is 51.4 Å². The molecule has 0 saturated carbocycles. The van der Waals surface area contributed by atoms with E-state index in [2.05, 4.69) is 73.2 Å². The monoisotopic (exact) mass is 714 g/mol. The van der Waals surface area contributed by atoms with Crippen LogP contribution in [0.4, 0.5) is 21.9 Å². The molecular weight excluding hydrogens is 672 g/mol. The van der Waals surface area contributed by atoms with Crippen molar-refractivity contribution in [1.29, 1.82) is 0 Å². The summed E-state index contributed by atoms with van der Waals surface area (Å²) in [5.41, 5.74) is 6.26. The van der Waals surface area contributed by atoms with Crippen molar-refractivity contribution in [3.8, 4) is 0 Å². The Morgan fingerprint density at radius 2 is 1.77 bits per heavy atom. The van der Waals surface area contributed by atoms with Gasteiger partial charge in [0, 0.05) is 68.1 Å². The molecule has 2 fully saturated rings. The average Bonchev–Trinajstić information content (AvgIpc) is 3.78. The largest absolute Gasteiger partial charge is 0.371 e. The molecule has 0 unspecified atom stereocenters. The van der Waals surface area contributed by atoms with Gasteiger partial charge in [0.1, 0.15) is 17.0 Å². The molecule has 5 aromatic rings. The zero-order chi connectivity index (χ0) is 36.6. The van der Waals surface area contributed by atoms with Crippen LogP contribution in [0.2, 0.25) is 0 Å². The lowest BCUT2D eigenvalue weighted by molar-refractivity contribution is -0.120. The summed E-state index contributed by atoms with van der Waals surface area (Å²) in [6, 6.07) is 22.0. The number of piperidine rings is 1. The lowest BCUT2D eigenvalue weighted by atomic mass is 10.0. The van der Waals surface area contributed by atoms with Gasteiger partial charge in [0.05, 0.1) is 24.5 Å². The first kappa shape index (κ1) is 34.1. The molecule has 0 bridgehead atoms. The number of nitrogens with zero attached hydrogens (tertiary/aromatic N) is 7. The number of pyridine rings is 1. The highest BCUT2D eigenvalue weighted by atomic mass is 16.2.